The van der Waals surface area contributed by atoms with E-state index in [4.69, 9.17) is 4.74 Å². The quantitative estimate of drug-likeness (QED) is 0.852. The minimum atomic E-state index is -4.30. The molecule has 1 N–H and O–H groups in total. The Bertz CT molecular complexity index is 454. The zero-order valence-electron chi connectivity index (χ0n) is 9.98. The molecule has 0 fully saturated rings. The standard InChI is InChI=1S/C13H13F3O2S/c14-13(15,16)19-10-6-4-9(5-7-10)12(17)11-3-1-2-8-18-11/h3-7,12,17H,1-2,8H2. The van der Waals surface area contributed by atoms with Crippen LogP contribution in [0.1, 0.15) is 24.5 Å². The SMILES string of the molecule is OC(C1=CCCCO1)c1ccc(SC(F)(F)F)cc1. The molecule has 2 rings (SSSR count). The number of aliphatic hydroxyl groups excluding tert-OH is 1. The molecule has 1 atom stereocenters. The monoisotopic (exact) mass is 290 g/mol. The van der Waals surface area contributed by atoms with Gasteiger partial charge < -0.3 is 9.84 Å². The Morgan fingerprint density at radius 2 is 1.89 bits per heavy atom. The Morgan fingerprint density at radius 1 is 1.21 bits per heavy atom. The highest BCUT2D eigenvalue weighted by Crippen LogP contribution is 2.37. The first-order chi connectivity index (χ1) is 8.96. The maximum absolute atomic E-state index is 12.2. The molecule has 0 aromatic heterocycles. The van der Waals surface area contributed by atoms with Crippen LogP contribution < -0.4 is 0 Å². The van der Waals surface area contributed by atoms with E-state index in [-0.39, 0.29) is 16.7 Å². The lowest BCUT2D eigenvalue weighted by atomic mass is 10.1. The van der Waals surface area contributed by atoms with Crippen LogP contribution in [-0.4, -0.2) is 17.2 Å². The number of benzene rings is 1. The highest BCUT2D eigenvalue weighted by Gasteiger charge is 2.29. The van der Waals surface area contributed by atoms with Crippen LogP contribution in [0.4, 0.5) is 13.2 Å². The van der Waals surface area contributed by atoms with Crippen LogP contribution in [0.5, 0.6) is 0 Å². The molecule has 1 unspecified atom stereocenters. The van der Waals surface area contributed by atoms with E-state index in [0.717, 1.165) is 12.8 Å². The summed E-state index contributed by atoms with van der Waals surface area (Å²) in [6.07, 6.45) is 2.66. The summed E-state index contributed by atoms with van der Waals surface area (Å²) in [5.74, 6) is 0.475. The fourth-order valence-electron chi connectivity index (χ4n) is 1.78. The van der Waals surface area contributed by atoms with Crippen LogP contribution in [0, 0.1) is 0 Å². The van der Waals surface area contributed by atoms with E-state index in [0.29, 0.717) is 17.9 Å². The van der Waals surface area contributed by atoms with Gasteiger partial charge in [-0.1, -0.05) is 12.1 Å². The normalized spacial score (nSPS) is 17.6. The van der Waals surface area contributed by atoms with E-state index in [1.165, 1.54) is 24.3 Å². The van der Waals surface area contributed by atoms with Crippen molar-refractivity contribution >= 4 is 11.8 Å². The number of thioether (sulfide) groups is 1. The average molecular weight is 290 g/mol. The second kappa shape index (κ2) is 5.88. The van der Waals surface area contributed by atoms with Crippen molar-refractivity contribution in [3.05, 3.63) is 41.7 Å². The first-order valence-electron chi connectivity index (χ1n) is 5.82. The molecule has 0 amide bonds. The van der Waals surface area contributed by atoms with E-state index >= 15 is 0 Å². The summed E-state index contributed by atoms with van der Waals surface area (Å²) < 4.78 is 41.9. The van der Waals surface area contributed by atoms with Gasteiger partial charge in [0.15, 0.2) is 0 Å². The van der Waals surface area contributed by atoms with Gasteiger partial charge in [-0.2, -0.15) is 13.2 Å². The molecule has 104 valence electrons. The molecular formula is C13H13F3O2S. The van der Waals surface area contributed by atoms with Crippen molar-refractivity contribution in [2.75, 3.05) is 6.61 Å². The molecule has 1 aliphatic rings. The molecule has 2 nitrogen and oxygen atoms in total. The van der Waals surface area contributed by atoms with Crippen molar-refractivity contribution in [3.63, 3.8) is 0 Å². The number of halogens is 3. The molecule has 0 spiro atoms. The van der Waals surface area contributed by atoms with E-state index < -0.39 is 11.6 Å². The van der Waals surface area contributed by atoms with Crippen molar-refractivity contribution in [2.24, 2.45) is 0 Å². The number of ether oxygens (including phenoxy) is 1. The second-order valence-electron chi connectivity index (χ2n) is 4.12. The van der Waals surface area contributed by atoms with Gasteiger partial charge in [0, 0.05) is 4.90 Å². The molecule has 1 aromatic carbocycles. The van der Waals surface area contributed by atoms with Crippen molar-refractivity contribution < 1.29 is 23.0 Å². The molecule has 19 heavy (non-hydrogen) atoms. The third-order valence-corrected chi connectivity index (χ3v) is 3.40. The van der Waals surface area contributed by atoms with E-state index in [1.54, 1.807) is 0 Å². The Hall–Kier alpha value is -1.14. The third-order valence-electron chi connectivity index (χ3n) is 2.66. The van der Waals surface area contributed by atoms with Crippen LogP contribution in [-0.2, 0) is 4.74 Å². The van der Waals surface area contributed by atoms with Crippen LogP contribution in [0.3, 0.4) is 0 Å². The number of rotatable bonds is 3. The van der Waals surface area contributed by atoms with Gasteiger partial charge in [-0.3, -0.25) is 0 Å². The fourth-order valence-corrected chi connectivity index (χ4v) is 2.32. The second-order valence-corrected chi connectivity index (χ2v) is 5.25. The summed E-state index contributed by atoms with van der Waals surface area (Å²) in [6, 6.07) is 5.66. The van der Waals surface area contributed by atoms with E-state index in [1.807, 2.05) is 6.08 Å². The zero-order chi connectivity index (χ0) is 13.9. The molecule has 0 bridgehead atoms. The number of hydrogen-bond acceptors (Lipinski definition) is 3. The molecule has 0 radical (unpaired) electrons. The summed E-state index contributed by atoms with van der Waals surface area (Å²) in [6.45, 7) is 0.560. The molecule has 1 aromatic rings. The molecule has 0 saturated carbocycles. The van der Waals surface area contributed by atoms with Gasteiger partial charge in [0.05, 0.1) is 6.61 Å². The molecule has 0 saturated heterocycles. The molecule has 6 heteroatoms. The smallest absolute Gasteiger partial charge is 0.446 e. The van der Waals surface area contributed by atoms with Gasteiger partial charge in [0.1, 0.15) is 11.9 Å². The van der Waals surface area contributed by atoms with Gasteiger partial charge in [-0.05, 0) is 48.4 Å². The third kappa shape index (κ3) is 4.18. The van der Waals surface area contributed by atoms with Crippen molar-refractivity contribution in [2.45, 2.75) is 29.3 Å². The van der Waals surface area contributed by atoms with Crippen LogP contribution in [0.15, 0.2) is 41.0 Å². The maximum atomic E-state index is 12.2. The zero-order valence-corrected chi connectivity index (χ0v) is 10.8. The summed E-state index contributed by atoms with van der Waals surface area (Å²) in [5.41, 5.74) is -3.77. The highest BCUT2D eigenvalue weighted by molar-refractivity contribution is 8.00. The lowest BCUT2D eigenvalue weighted by Crippen LogP contribution is -2.09. The molecule has 0 aliphatic carbocycles. The van der Waals surface area contributed by atoms with Crippen LogP contribution >= 0.6 is 11.8 Å². The van der Waals surface area contributed by atoms with Crippen molar-refractivity contribution in [1.29, 1.82) is 0 Å². The van der Waals surface area contributed by atoms with Crippen molar-refractivity contribution in [1.82, 2.24) is 0 Å². The van der Waals surface area contributed by atoms with Crippen LogP contribution in [0.2, 0.25) is 0 Å². The topological polar surface area (TPSA) is 29.5 Å². The van der Waals surface area contributed by atoms with E-state index in [9.17, 15) is 18.3 Å². The average Bonchev–Trinajstić information content (AvgIpc) is 2.38. The van der Waals surface area contributed by atoms with Crippen LogP contribution in [0.25, 0.3) is 0 Å². The van der Waals surface area contributed by atoms with Gasteiger partial charge in [0.2, 0.25) is 0 Å². The number of hydrogen-bond donors (Lipinski definition) is 1. The van der Waals surface area contributed by atoms with E-state index in [2.05, 4.69) is 0 Å². The Labute approximate surface area is 113 Å². The predicted molar refractivity (Wildman–Crippen MR) is 66.6 cm³/mol. The number of alkyl halides is 3. The summed E-state index contributed by atoms with van der Waals surface area (Å²) in [4.78, 5) is 0.0991. The molecule has 1 aliphatic heterocycles. The lowest BCUT2D eigenvalue weighted by molar-refractivity contribution is -0.0328. The van der Waals surface area contributed by atoms with Gasteiger partial charge in [-0.25, -0.2) is 0 Å². The van der Waals surface area contributed by atoms with Crippen molar-refractivity contribution in [3.8, 4) is 0 Å². The first-order valence-corrected chi connectivity index (χ1v) is 6.64. The summed E-state index contributed by atoms with van der Waals surface area (Å²) in [7, 11) is 0. The predicted octanol–water partition coefficient (Wildman–Crippen LogP) is 4.03. The summed E-state index contributed by atoms with van der Waals surface area (Å²) in [5, 5.41) is 10.0. The van der Waals surface area contributed by atoms with Gasteiger partial charge >= 0.3 is 5.51 Å². The van der Waals surface area contributed by atoms with Gasteiger partial charge in [-0.15, -0.1) is 0 Å². The minimum Gasteiger partial charge on any atom is -0.495 e. The minimum absolute atomic E-state index is 0.0991. The molecule has 1 heterocycles. The highest BCUT2D eigenvalue weighted by atomic mass is 32.2. The first kappa shape index (κ1) is 14.3. The Morgan fingerprint density at radius 3 is 2.42 bits per heavy atom. The number of allylic oxidation sites excluding steroid dienone is 1. The maximum Gasteiger partial charge on any atom is 0.446 e. The molecular weight excluding hydrogens is 277 g/mol. The van der Waals surface area contributed by atoms with Gasteiger partial charge in [0.25, 0.3) is 0 Å². The Kier molecular flexibility index (Phi) is 4.42. The summed E-state index contributed by atoms with van der Waals surface area (Å²) >= 11 is -0.171. The fraction of sp³-hybridized carbons (Fsp3) is 0.385. The number of aliphatic hydroxyl groups is 1. The Balaban J connectivity index is 2.07. The lowest BCUT2D eigenvalue weighted by Gasteiger charge is -2.20. The largest absolute Gasteiger partial charge is 0.495 e.